The van der Waals surface area contributed by atoms with Gasteiger partial charge in [0.2, 0.25) is 0 Å². The highest BCUT2D eigenvalue weighted by Gasteiger charge is 2.69. The van der Waals surface area contributed by atoms with Gasteiger partial charge in [0.25, 0.3) is 0 Å². The van der Waals surface area contributed by atoms with E-state index >= 15 is 4.39 Å². The summed E-state index contributed by atoms with van der Waals surface area (Å²) in [5.41, 5.74) is -0.903. The highest BCUT2D eigenvalue weighted by molar-refractivity contribution is 9.09. The molecule has 0 aromatic rings. The molecule has 158 valence electrons. The number of carbonyl (C=O) groups excluding carboxylic acids is 3. The van der Waals surface area contributed by atoms with E-state index < -0.39 is 27.3 Å². The van der Waals surface area contributed by atoms with Crippen molar-refractivity contribution in [3.8, 4) is 0 Å². The van der Waals surface area contributed by atoms with Gasteiger partial charge in [-0.3, -0.25) is 14.4 Å². The summed E-state index contributed by atoms with van der Waals surface area (Å²) in [5, 5.41) is 0. The van der Waals surface area contributed by atoms with Crippen LogP contribution in [0, 0.1) is 22.7 Å². The van der Waals surface area contributed by atoms with Crippen LogP contribution in [0.25, 0.3) is 0 Å². The molecule has 0 radical (unpaired) electrons. The summed E-state index contributed by atoms with van der Waals surface area (Å²) in [6.07, 6.45) is 7.18. The van der Waals surface area contributed by atoms with E-state index in [-0.39, 0.29) is 30.0 Å². The molecule has 4 rings (SSSR count). The first-order chi connectivity index (χ1) is 13.5. The van der Waals surface area contributed by atoms with E-state index in [1.165, 1.54) is 6.92 Å². The Kier molecular flexibility index (Phi) is 4.96. The maximum absolute atomic E-state index is 17.1. The van der Waals surface area contributed by atoms with Gasteiger partial charge in [-0.15, -0.1) is 0 Å². The summed E-state index contributed by atoms with van der Waals surface area (Å²) in [7, 11) is 0. The quantitative estimate of drug-likeness (QED) is 0.448. The molecule has 0 heterocycles. The van der Waals surface area contributed by atoms with Gasteiger partial charge in [0, 0.05) is 29.7 Å². The fraction of sp³-hybridized carbons (Fsp3) is 0.696. The van der Waals surface area contributed by atoms with Crippen molar-refractivity contribution in [3.05, 3.63) is 23.3 Å². The number of ketones is 2. The number of carbonyl (C=O) groups is 3. The van der Waals surface area contributed by atoms with E-state index in [4.69, 9.17) is 4.74 Å². The summed E-state index contributed by atoms with van der Waals surface area (Å²) >= 11 is 3.70. The molecule has 4 nitrogen and oxygen atoms in total. The summed E-state index contributed by atoms with van der Waals surface area (Å²) < 4.78 is 22.0. The third kappa shape index (κ3) is 2.84. The van der Waals surface area contributed by atoms with Crippen molar-refractivity contribution < 1.29 is 23.5 Å². The van der Waals surface area contributed by atoms with Crippen LogP contribution in [0.4, 0.5) is 4.39 Å². The predicted molar refractivity (Wildman–Crippen MR) is 110 cm³/mol. The number of rotatable bonds is 3. The lowest BCUT2D eigenvalue weighted by Crippen LogP contribution is -2.65. The Hall–Kier alpha value is -1.30. The molecular weight excluding hydrogens is 439 g/mol. The zero-order valence-electron chi connectivity index (χ0n) is 17.2. The molecule has 0 bridgehead atoms. The fourth-order valence-corrected chi connectivity index (χ4v) is 8.27. The van der Waals surface area contributed by atoms with E-state index in [2.05, 4.69) is 22.9 Å². The van der Waals surface area contributed by atoms with Crippen molar-refractivity contribution in [3.63, 3.8) is 0 Å². The molecular formula is C23H28BrFO4. The number of alkyl halides is 2. The molecule has 2 fully saturated rings. The van der Waals surface area contributed by atoms with Crippen molar-refractivity contribution in [2.45, 2.75) is 69.8 Å². The zero-order valence-corrected chi connectivity index (χ0v) is 18.8. The van der Waals surface area contributed by atoms with E-state index in [0.29, 0.717) is 37.7 Å². The first-order valence-electron chi connectivity index (χ1n) is 10.5. The second-order valence-electron chi connectivity index (χ2n) is 9.63. The van der Waals surface area contributed by atoms with Gasteiger partial charge < -0.3 is 4.74 Å². The number of allylic oxidation sites excluding steroid dienone is 3. The number of fused-ring (bicyclic) bond motifs is 5. The van der Waals surface area contributed by atoms with Crippen LogP contribution < -0.4 is 0 Å². The van der Waals surface area contributed by atoms with Gasteiger partial charge in [-0.05, 0) is 50.0 Å². The third-order valence-electron chi connectivity index (χ3n) is 8.29. The average molecular weight is 467 g/mol. The Balaban J connectivity index is 1.67. The number of esters is 1. The van der Waals surface area contributed by atoms with Crippen LogP contribution in [0.15, 0.2) is 23.3 Å². The number of halogens is 2. The Morgan fingerprint density at radius 2 is 2.00 bits per heavy atom. The Labute approximate surface area is 179 Å². The standard InChI is InChI=1S/C23H28BrFO4/c1-13(26)29-12-19(28)18-7-6-16-17-5-4-14-10-15(27)8-9-22(14,3)23(17,25)20(24)11-21(16,18)2/h7,10,16-17,20H,4-6,8-9,11-12H2,1-3H3/t16-,17-,20-,21-,22-,23?/m0/s1. The van der Waals surface area contributed by atoms with Crippen LogP contribution in [-0.2, 0) is 19.1 Å². The van der Waals surface area contributed by atoms with E-state index in [9.17, 15) is 14.4 Å². The van der Waals surface area contributed by atoms with Crippen molar-refractivity contribution >= 4 is 33.5 Å². The normalized spacial score (nSPS) is 43.5. The second-order valence-corrected chi connectivity index (χ2v) is 10.7. The van der Waals surface area contributed by atoms with E-state index in [0.717, 1.165) is 12.0 Å². The van der Waals surface area contributed by atoms with Gasteiger partial charge in [0.1, 0.15) is 5.67 Å². The van der Waals surface area contributed by atoms with Crippen molar-refractivity contribution in [2.75, 3.05) is 6.61 Å². The van der Waals surface area contributed by atoms with Crippen LogP contribution >= 0.6 is 15.9 Å². The van der Waals surface area contributed by atoms with Crippen molar-refractivity contribution in [1.29, 1.82) is 0 Å². The maximum Gasteiger partial charge on any atom is 0.303 e. The summed E-state index contributed by atoms with van der Waals surface area (Å²) in [5.74, 6) is -0.700. The average Bonchev–Trinajstić information content (AvgIpc) is 2.98. The minimum absolute atomic E-state index is 0.0357. The Morgan fingerprint density at radius 3 is 2.69 bits per heavy atom. The molecule has 1 unspecified atom stereocenters. The van der Waals surface area contributed by atoms with Crippen LogP contribution in [0.1, 0.15) is 59.3 Å². The SMILES string of the molecule is CC(=O)OCC(=O)C1=CC[C@H]2[C@@H]3CCC4=CC(=O)CC[C@]4(C)C3(F)[C@@H](Br)C[C@]12C. The third-order valence-corrected chi connectivity index (χ3v) is 9.28. The molecule has 0 saturated heterocycles. The van der Waals surface area contributed by atoms with Gasteiger partial charge >= 0.3 is 5.97 Å². The molecule has 0 aliphatic heterocycles. The first-order valence-corrected chi connectivity index (χ1v) is 11.4. The monoisotopic (exact) mass is 466 g/mol. The van der Waals surface area contributed by atoms with Crippen LogP contribution in [0.3, 0.4) is 0 Å². The topological polar surface area (TPSA) is 60.4 Å². The molecule has 6 heteroatoms. The summed E-state index contributed by atoms with van der Waals surface area (Å²) in [6, 6.07) is 0. The van der Waals surface area contributed by atoms with Crippen LogP contribution in [0.5, 0.6) is 0 Å². The Morgan fingerprint density at radius 1 is 1.28 bits per heavy atom. The summed E-state index contributed by atoms with van der Waals surface area (Å²) in [6.45, 7) is 5.09. The zero-order chi connectivity index (χ0) is 21.2. The van der Waals surface area contributed by atoms with E-state index in [1.807, 2.05) is 13.0 Å². The molecule has 6 atom stereocenters. The van der Waals surface area contributed by atoms with Gasteiger partial charge in [0.05, 0.1) is 4.83 Å². The highest BCUT2D eigenvalue weighted by Crippen LogP contribution is 2.69. The largest absolute Gasteiger partial charge is 0.457 e. The lowest BCUT2D eigenvalue weighted by Gasteiger charge is -2.63. The molecule has 0 spiro atoms. The molecule has 0 aromatic carbocycles. The van der Waals surface area contributed by atoms with Gasteiger partial charge in [-0.25, -0.2) is 4.39 Å². The molecule has 2 saturated carbocycles. The second kappa shape index (κ2) is 6.86. The fourth-order valence-electron chi connectivity index (χ4n) is 6.75. The minimum atomic E-state index is -1.45. The minimum Gasteiger partial charge on any atom is -0.457 e. The molecule has 0 N–H and O–H groups in total. The highest BCUT2D eigenvalue weighted by atomic mass is 79.9. The lowest BCUT2D eigenvalue weighted by atomic mass is 9.45. The molecule has 29 heavy (non-hydrogen) atoms. The van der Waals surface area contributed by atoms with E-state index in [1.54, 1.807) is 6.08 Å². The van der Waals surface area contributed by atoms with Crippen molar-refractivity contribution in [1.82, 2.24) is 0 Å². The molecule has 0 amide bonds. The molecule has 4 aliphatic carbocycles. The van der Waals surface area contributed by atoms with Crippen molar-refractivity contribution in [2.24, 2.45) is 22.7 Å². The lowest BCUT2D eigenvalue weighted by molar-refractivity contribution is -0.146. The van der Waals surface area contributed by atoms with Gasteiger partial charge in [-0.2, -0.15) is 0 Å². The number of hydrogen-bond acceptors (Lipinski definition) is 4. The number of ether oxygens (including phenoxy) is 1. The Bertz CT molecular complexity index is 848. The molecule has 0 aromatic heterocycles. The summed E-state index contributed by atoms with van der Waals surface area (Å²) in [4.78, 5) is 35.5. The van der Waals surface area contributed by atoms with Crippen LogP contribution in [0.2, 0.25) is 0 Å². The smallest absolute Gasteiger partial charge is 0.303 e. The number of Topliss-reactive ketones (excluding diaryl/α,β-unsaturated/α-hetero) is 1. The van der Waals surface area contributed by atoms with Crippen LogP contribution in [-0.4, -0.2) is 34.6 Å². The molecule has 4 aliphatic rings. The maximum atomic E-state index is 17.1. The first kappa shape index (κ1) is 21.0. The number of hydrogen-bond donors (Lipinski definition) is 0. The van der Waals surface area contributed by atoms with Gasteiger partial charge in [0.15, 0.2) is 18.2 Å². The van der Waals surface area contributed by atoms with Gasteiger partial charge in [-0.1, -0.05) is 41.4 Å². The predicted octanol–water partition coefficient (Wildman–Crippen LogP) is 4.65.